The summed E-state index contributed by atoms with van der Waals surface area (Å²) < 4.78 is 0. The molecule has 1 aliphatic rings. The molecule has 1 aliphatic heterocycles. The van der Waals surface area contributed by atoms with Gasteiger partial charge in [-0.1, -0.05) is 0 Å². The fraction of sp³-hybridized carbons (Fsp3) is 0.500. The molecule has 16 heavy (non-hydrogen) atoms. The Balaban J connectivity index is 2.34. The summed E-state index contributed by atoms with van der Waals surface area (Å²) >= 11 is 0. The van der Waals surface area contributed by atoms with Gasteiger partial charge < -0.3 is 10.6 Å². The average Bonchev–Trinajstić information content (AvgIpc) is 2.59. The molecular formula is C12H16N4. The van der Waals surface area contributed by atoms with Gasteiger partial charge in [0, 0.05) is 24.3 Å². The van der Waals surface area contributed by atoms with Crippen LogP contribution in [0.4, 0.5) is 5.82 Å². The van der Waals surface area contributed by atoms with E-state index in [2.05, 4.69) is 22.9 Å². The normalized spacial score (nSPS) is 24.5. The summed E-state index contributed by atoms with van der Waals surface area (Å²) in [7, 11) is 0. The Kier molecular flexibility index (Phi) is 2.80. The predicted molar refractivity (Wildman–Crippen MR) is 63.1 cm³/mol. The van der Waals surface area contributed by atoms with Crippen LogP contribution in [0.25, 0.3) is 0 Å². The predicted octanol–water partition coefficient (Wildman–Crippen LogP) is 1.19. The fourth-order valence-electron chi connectivity index (χ4n) is 2.15. The van der Waals surface area contributed by atoms with E-state index in [0.29, 0.717) is 11.6 Å². The van der Waals surface area contributed by atoms with Gasteiger partial charge in [-0.25, -0.2) is 4.98 Å². The molecule has 4 nitrogen and oxygen atoms in total. The maximum Gasteiger partial charge on any atom is 0.130 e. The summed E-state index contributed by atoms with van der Waals surface area (Å²) in [5.74, 6) is 0.872. The molecule has 0 radical (unpaired) electrons. The molecule has 0 amide bonds. The second-order valence-corrected chi connectivity index (χ2v) is 4.35. The Bertz CT molecular complexity index is 435. The maximum absolute atomic E-state index is 8.93. The van der Waals surface area contributed by atoms with Crippen LogP contribution in [0.15, 0.2) is 12.1 Å². The molecule has 2 heterocycles. The first kappa shape index (κ1) is 10.9. The van der Waals surface area contributed by atoms with E-state index < -0.39 is 0 Å². The topological polar surface area (TPSA) is 65.9 Å². The van der Waals surface area contributed by atoms with Crippen LogP contribution in [0, 0.1) is 18.3 Å². The molecule has 0 aliphatic carbocycles. The zero-order valence-electron chi connectivity index (χ0n) is 9.64. The first-order valence-corrected chi connectivity index (χ1v) is 5.53. The molecule has 0 bridgehead atoms. The van der Waals surface area contributed by atoms with E-state index in [1.807, 2.05) is 13.0 Å². The number of nitrogens with zero attached hydrogens (tertiary/aromatic N) is 3. The van der Waals surface area contributed by atoms with Crippen LogP contribution in [0.5, 0.6) is 0 Å². The van der Waals surface area contributed by atoms with Gasteiger partial charge in [0.25, 0.3) is 0 Å². The largest absolute Gasteiger partial charge is 0.352 e. The Morgan fingerprint density at radius 2 is 2.31 bits per heavy atom. The smallest absolute Gasteiger partial charge is 0.130 e. The second-order valence-electron chi connectivity index (χ2n) is 4.35. The van der Waals surface area contributed by atoms with Crippen LogP contribution in [-0.4, -0.2) is 23.6 Å². The molecule has 0 saturated carbocycles. The van der Waals surface area contributed by atoms with Crippen molar-refractivity contribution in [3.05, 3.63) is 23.4 Å². The summed E-state index contributed by atoms with van der Waals surface area (Å²) in [6.45, 7) is 4.93. The van der Waals surface area contributed by atoms with Gasteiger partial charge >= 0.3 is 0 Å². The van der Waals surface area contributed by atoms with Crippen LogP contribution in [-0.2, 0) is 0 Å². The molecule has 2 unspecified atom stereocenters. The molecule has 1 saturated heterocycles. The number of anilines is 1. The van der Waals surface area contributed by atoms with E-state index in [9.17, 15) is 0 Å². The third-order valence-corrected chi connectivity index (χ3v) is 3.18. The van der Waals surface area contributed by atoms with Crippen molar-refractivity contribution in [1.82, 2.24) is 4.98 Å². The Morgan fingerprint density at radius 3 is 2.88 bits per heavy atom. The summed E-state index contributed by atoms with van der Waals surface area (Å²) in [6.07, 6.45) is 0.985. The lowest BCUT2D eigenvalue weighted by Crippen LogP contribution is -2.37. The fourth-order valence-corrected chi connectivity index (χ4v) is 2.15. The van der Waals surface area contributed by atoms with Crippen molar-refractivity contribution < 1.29 is 0 Å². The van der Waals surface area contributed by atoms with Crippen LogP contribution < -0.4 is 10.6 Å². The highest BCUT2D eigenvalue weighted by Gasteiger charge is 2.28. The SMILES string of the molecule is Cc1cc(C#N)cc(N2CCC(N)C2C)n1. The minimum atomic E-state index is 0.202. The van der Waals surface area contributed by atoms with Crippen molar-refractivity contribution in [3.63, 3.8) is 0 Å². The average molecular weight is 216 g/mol. The number of nitriles is 1. The van der Waals surface area contributed by atoms with Gasteiger partial charge in [-0.3, -0.25) is 0 Å². The van der Waals surface area contributed by atoms with Gasteiger partial charge in [0.2, 0.25) is 0 Å². The molecule has 2 N–H and O–H groups in total. The number of rotatable bonds is 1. The van der Waals surface area contributed by atoms with Gasteiger partial charge in [-0.2, -0.15) is 5.26 Å². The summed E-state index contributed by atoms with van der Waals surface area (Å²) in [4.78, 5) is 6.65. The lowest BCUT2D eigenvalue weighted by molar-refractivity contribution is 0.621. The van der Waals surface area contributed by atoms with E-state index in [4.69, 9.17) is 11.0 Å². The third kappa shape index (κ3) is 1.86. The quantitative estimate of drug-likeness (QED) is 0.765. The summed E-state index contributed by atoms with van der Waals surface area (Å²) in [5, 5.41) is 8.93. The van der Waals surface area contributed by atoms with Gasteiger partial charge in [-0.15, -0.1) is 0 Å². The Morgan fingerprint density at radius 1 is 1.56 bits per heavy atom. The minimum absolute atomic E-state index is 0.202. The molecule has 2 rings (SSSR count). The van der Waals surface area contributed by atoms with Crippen molar-refractivity contribution >= 4 is 5.82 Å². The number of hydrogen-bond acceptors (Lipinski definition) is 4. The van der Waals surface area contributed by atoms with Crippen LogP contribution in [0.2, 0.25) is 0 Å². The maximum atomic E-state index is 8.93. The van der Waals surface area contributed by atoms with E-state index in [1.54, 1.807) is 6.07 Å². The first-order chi connectivity index (χ1) is 7.61. The minimum Gasteiger partial charge on any atom is -0.352 e. The van der Waals surface area contributed by atoms with E-state index in [1.165, 1.54) is 0 Å². The molecule has 0 aromatic carbocycles. The molecule has 1 aromatic rings. The lowest BCUT2D eigenvalue weighted by Gasteiger charge is -2.24. The molecule has 1 fully saturated rings. The zero-order chi connectivity index (χ0) is 11.7. The number of hydrogen-bond donors (Lipinski definition) is 1. The molecular weight excluding hydrogens is 200 g/mol. The highest BCUT2D eigenvalue weighted by molar-refractivity contribution is 5.48. The highest BCUT2D eigenvalue weighted by atomic mass is 15.2. The lowest BCUT2D eigenvalue weighted by atomic mass is 10.1. The van der Waals surface area contributed by atoms with Crippen molar-refractivity contribution in [1.29, 1.82) is 5.26 Å². The number of pyridine rings is 1. The van der Waals surface area contributed by atoms with Crippen molar-refractivity contribution in [3.8, 4) is 6.07 Å². The number of nitrogens with two attached hydrogens (primary N) is 1. The van der Waals surface area contributed by atoms with Gasteiger partial charge in [0.05, 0.1) is 11.6 Å². The van der Waals surface area contributed by atoms with E-state index in [0.717, 1.165) is 24.5 Å². The van der Waals surface area contributed by atoms with Gasteiger partial charge in [0.1, 0.15) is 5.82 Å². The first-order valence-electron chi connectivity index (χ1n) is 5.53. The second kappa shape index (κ2) is 4.11. The standard InChI is InChI=1S/C12H16N4/c1-8-5-10(7-13)6-12(15-8)16-4-3-11(14)9(16)2/h5-6,9,11H,3-4,14H2,1-2H3. The van der Waals surface area contributed by atoms with Crippen LogP contribution >= 0.6 is 0 Å². The number of aryl methyl sites for hydroxylation is 1. The van der Waals surface area contributed by atoms with Crippen LogP contribution in [0.3, 0.4) is 0 Å². The molecule has 2 atom stereocenters. The monoisotopic (exact) mass is 216 g/mol. The Labute approximate surface area is 95.7 Å². The molecule has 84 valence electrons. The van der Waals surface area contributed by atoms with Gasteiger partial charge in [-0.05, 0) is 32.4 Å². The highest BCUT2D eigenvalue weighted by Crippen LogP contribution is 2.24. The third-order valence-electron chi connectivity index (χ3n) is 3.18. The van der Waals surface area contributed by atoms with Crippen LogP contribution in [0.1, 0.15) is 24.6 Å². The summed E-state index contributed by atoms with van der Waals surface area (Å²) in [5.41, 5.74) is 7.52. The molecule has 4 heteroatoms. The molecule has 1 aromatic heterocycles. The summed E-state index contributed by atoms with van der Waals surface area (Å²) in [6, 6.07) is 6.28. The van der Waals surface area contributed by atoms with Crippen molar-refractivity contribution in [2.45, 2.75) is 32.4 Å². The van der Waals surface area contributed by atoms with Crippen molar-refractivity contribution in [2.24, 2.45) is 5.73 Å². The Hall–Kier alpha value is -1.60. The van der Waals surface area contributed by atoms with Crippen molar-refractivity contribution in [2.75, 3.05) is 11.4 Å². The molecule has 0 spiro atoms. The number of aromatic nitrogens is 1. The van der Waals surface area contributed by atoms with Gasteiger partial charge in [0.15, 0.2) is 0 Å². The van der Waals surface area contributed by atoms with E-state index in [-0.39, 0.29) is 6.04 Å². The van der Waals surface area contributed by atoms with E-state index >= 15 is 0 Å². The zero-order valence-corrected chi connectivity index (χ0v) is 9.64.